The predicted molar refractivity (Wildman–Crippen MR) is 96.2 cm³/mol. The highest BCUT2D eigenvalue weighted by atomic mass is 16.5. The number of hydrogen-bond acceptors (Lipinski definition) is 4. The zero-order valence-electron chi connectivity index (χ0n) is 15.7. The third-order valence-corrected chi connectivity index (χ3v) is 3.97. The van der Waals surface area contributed by atoms with Crippen LogP contribution in [0.5, 0.6) is 11.5 Å². The minimum atomic E-state index is -0.867. The molecular formula is C19H29NO5. The number of carbonyl (C=O) groups excluding carboxylic acids is 1. The Balaban J connectivity index is 2.90. The fraction of sp³-hybridized carbons (Fsp3) is 0.579. The third-order valence-electron chi connectivity index (χ3n) is 3.97. The molecule has 6 heteroatoms. The summed E-state index contributed by atoms with van der Waals surface area (Å²) in [5.74, 6) is 0.114. The van der Waals surface area contributed by atoms with E-state index < -0.39 is 11.4 Å². The molecule has 0 spiro atoms. The number of amides is 1. The molecule has 6 nitrogen and oxygen atoms in total. The highest BCUT2D eigenvalue weighted by Crippen LogP contribution is 2.34. The highest BCUT2D eigenvalue weighted by Gasteiger charge is 2.31. The molecule has 1 aromatic rings. The summed E-state index contributed by atoms with van der Waals surface area (Å²) in [6.07, 6.45) is 0.0260. The quantitative estimate of drug-likeness (QED) is 0.677. The van der Waals surface area contributed by atoms with Gasteiger partial charge in [0.1, 0.15) is 0 Å². The van der Waals surface area contributed by atoms with Crippen LogP contribution in [-0.2, 0) is 15.0 Å². The van der Waals surface area contributed by atoms with Crippen LogP contribution in [0.15, 0.2) is 18.2 Å². The van der Waals surface area contributed by atoms with Crippen LogP contribution in [0.3, 0.4) is 0 Å². The fourth-order valence-corrected chi connectivity index (χ4v) is 2.43. The van der Waals surface area contributed by atoms with Crippen molar-refractivity contribution in [3.05, 3.63) is 23.8 Å². The molecule has 0 fully saturated rings. The van der Waals surface area contributed by atoms with E-state index in [-0.39, 0.29) is 18.2 Å². The van der Waals surface area contributed by atoms with Crippen LogP contribution in [0.4, 0.5) is 0 Å². The Labute approximate surface area is 149 Å². The lowest BCUT2D eigenvalue weighted by atomic mass is 9.83. The zero-order valence-corrected chi connectivity index (χ0v) is 15.7. The standard InChI is InChI=1S/C19H29NO5/c1-6-24-15-9-8-14(11-16(15)25-7-2)19(4,5)18(23)20-12-13(3)10-17(21)22/h8-9,11,13H,6-7,10,12H2,1-5H3,(H,20,23)(H,21,22). The monoisotopic (exact) mass is 351 g/mol. The topological polar surface area (TPSA) is 84.9 Å². The Morgan fingerprint density at radius 3 is 2.32 bits per heavy atom. The molecule has 1 amide bonds. The second-order valence-electron chi connectivity index (χ2n) is 6.57. The first kappa shape index (κ1) is 20.8. The van der Waals surface area contributed by atoms with Crippen LogP contribution in [0.1, 0.15) is 46.6 Å². The average molecular weight is 351 g/mol. The van der Waals surface area contributed by atoms with Gasteiger partial charge in [-0.1, -0.05) is 13.0 Å². The minimum absolute atomic E-state index is 0.0260. The lowest BCUT2D eigenvalue weighted by molar-refractivity contribution is -0.138. The fourth-order valence-electron chi connectivity index (χ4n) is 2.43. The summed E-state index contributed by atoms with van der Waals surface area (Å²) in [6, 6.07) is 5.49. The number of hydrogen-bond donors (Lipinski definition) is 2. The van der Waals surface area contributed by atoms with Crippen molar-refractivity contribution >= 4 is 11.9 Å². The average Bonchev–Trinajstić information content (AvgIpc) is 2.53. The van der Waals surface area contributed by atoms with E-state index in [9.17, 15) is 9.59 Å². The van der Waals surface area contributed by atoms with E-state index in [1.54, 1.807) is 6.92 Å². The van der Waals surface area contributed by atoms with Crippen molar-refractivity contribution in [1.29, 1.82) is 0 Å². The van der Waals surface area contributed by atoms with Crippen molar-refractivity contribution in [3.8, 4) is 11.5 Å². The predicted octanol–water partition coefficient (Wildman–Crippen LogP) is 2.99. The summed E-state index contributed by atoms with van der Waals surface area (Å²) in [5, 5.41) is 11.6. The first-order valence-electron chi connectivity index (χ1n) is 8.62. The molecule has 1 aromatic carbocycles. The third kappa shape index (κ3) is 5.96. The summed E-state index contributed by atoms with van der Waals surface area (Å²) in [4.78, 5) is 23.3. The number of rotatable bonds is 10. The van der Waals surface area contributed by atoms with Gasteiger partial charge in [-0.15, -0.1) is 0 Å². The van der Waals surface area contributed by atoms with Crippen molar-refractivity contribution < 1.29 is 24.2 Å². The van der Waals surface area contributed by atoms with Gasteiger partial charge in [0.05, 0.1) is 18.6 Å². The molecule has 0 aliphatic heterocycles. The van der Waals surface area contributed by atoms with Gasteiger partial charge in [0, 0.05) is 13.0 Å². The second kappa shape index (κ2) is 9.30. The summed E-state index contributed by atoms with van der Waals surface area (Å²) in [6.45, 7) is 10.6. The first-order valence-corrected chi connectivity index (χ1v) is 8.62. The van der Waals surface area contributed by atoms with Gasteiger partial charge in [-0.25, -0.2) is 0 Å². The number of ether oxygens (including phenoxy) is 2. The van der Waals surface area contributed by atoms with Crippen molar-refractivity contribution in [2.75, 3.05) is 19.8 Å². The normalized spacial score (nSPS) is 12.4. The smallest absolute Gasteiger partial charge is 0.303 e. The van der Waals surface area contributed by atoms with E-state index in [4.69, 9.17) is 14.6 Å². The van der Waals surface area contributed by atoms with E-state index in [0.29, 0.717) is 31.3 Å². The van der Waals surface area contributed by atoms with Crippen LogP contribution in [0.2, 0.25) is 0 Å². The summed E-state index contributed by atoms with van der Waals surface area (Å²) >= 11 is 0. The molecule has 2 N–H and O–H groups in total. The van der Waals surface area contributed by atoms with Gasteiger partial charge in [-0.05, 0) is 51.3 Å². The van der Waals surface area contributed by atoms with Crippen LogP contribution >= 0.6 is 0 Å². The lowest BCUT2D eigenvalue weighted by Gasteiger charge is -2.26. The summed E-state index contributed by atoms with van der Waals surface area (Å²) in [7, 11) is 0. The van der Waals surface area contributed by atoms with Gasteiger partial charge in [0.25, 0.3) is 0 Å². The maximum atomic E-state index is 12.6. The Morgan fingerprint density at radius 2 is 1.76 bits per heavy atom. The number of carbonyl (C=O) groups is 2. The summed E-state index contributed by atoms with van der Waals surface area (Å²) < 4.78 is 11.2. The number of aliphatic carboxylic acids is 1. The van der Waals surface area contributed by atoms with E-state index in [1.165, 1.54) is 0 Å². The molecule has 0 aliphatic carbocycles. The van der Waals surface area contributed by atoms with Crippen LogP contribution in [0, 0.1) is 5.92 Å². The van der Waals surface area contributed by atoms with Crippen LogP contribution in [-0.4, -0.2) is 36.7 Å². The largest absolute Gasteiger partial charge is 0.490 e. The molecule has 1 atom stereocenters. The Morgan fingerprint density at radius 1 is 1.16 bits per heavy atom. The number of benzene rings is 1. The van der Waals surface area contributed by atoms with E-state index >= 15 is 0 Å². The van der Waals surface area contributed by atoms with Crippen molar-refractivity contribution in [3.63, 3.8) is 0 Å². The lowest BCUT2D eigenvalue weighted by Crippen LogP contribution is -2.42. The maximum absolute atomic E-state index is 12.6. The molecule has 0 radical (unpaired) electrons. The van der Waals surface area contributed by atoms with Gasteiger partial charge >= 0.3 is 5.97 Å². The molecule has 0 saturated heterocycles. The van der Waals surface area contributed by atoms with Crippen LogP contribution < -0.4 is 14.8 Å². The molecule has 0 heterocycles. The van der Waals surface area contributed by atoms with Gasteiger partial charge in [-0.2, -0.15) is 0 Å². The second-order valence-corrected chi connectivity index (χ2v) is 6.57. The minimum Gasteiger partial charge on any atom is -0.490 e. The van der Waals surface area contributed by atoms with E-state index in [0.717, 1.165) is 5.56 Å². The Hall–Kier alpha value is -2.24. The van der Waals surface area contributed by atoms with Crippen molar-refractivity contribution in [2.24, 2.45) is 5.92 Å². The van der Waals surface area contributed by atoms with Crippen molar-refractivity contribution in [1.82, 2.24) is 5.32 Å². The number of carboxylic acids is 1. The molecule has 0 aliphatic rings. The molecule has 0 bridgehead atoms. The van der Waals surface area contributed by atoms with Gasteiger partial charge in [0.2, 0.25) is 5.91 Å². The molecule has 1 rings (SSSR count). The highest BCUT2D eigenvalue weighted by molar-refractivity contribution is 5.87. The molecule has 25 heavy (non-hydrogen) atoms. The van der Waals surface area contributed by atoms with Gasteiger partial charge < -0.3 is 19.9 Å². The number of carboxylic acid groups (broad SMARTS) is 1. The van der Waals surface area contributed by atoms with Crippen molar-refractivity contribution in [2.45, 2.75) is 46.5 Å². The Bertz CT molecular complexity index is 597. The SMILES string of the molecule is CCOc1ccc(C(C)(C)C(=O)NCC(C)CC(=O)O)cc1OCC. The molecule has 1 unspecified atom stereocenters. The molecular weight excluding hydrogens is 322 g/mol. The van der Waals surface area contributed by atoms with E-state index in [1.807, 2.05) is 45.9 Å². The maximum Gasteiger partial charge on any atom is 0.303 e. The first-order chi connectivity index (χ1) is 11.7. The zero-order chi connectivity index (χ0) is 19.0. The molecule has 140 valence electrons. The molecule has 0 aromatic heterocycles. The van der Waals surface area contributed by atoms with E-state index in [2.05, 4.69) is 5.32 Å². The van der Waals surface area contributed by atoms with Gasteiger partial charge in [-0.3, -0.25) is 9.59 Å². The van der Waals surface area contributed by atoms with Crippen LogP contribution in [0.25, 0.3) is 0 Å². The number of nitrogens with one attached hydrogen (secondary N) is 1. The Kier molecular flexibility index (Phi) is 7.74. The molecule has 0 saturated carbocycles. The van der Waals surface area contributed by atoms with Gasteiger partial charge in [0.15, 0.2) is 11.5 Å². The summed E-state index contributed by atoms with van der Waals surface area (Å²) in [5.41, 5.74) is 0.0299.